The molecule has 188 valence electrons. The Morgan fingerprint density at radius 1 is 1.11 bits per heavy atom. The summed E-state index contributed by atoms with van der Waals surface area (Å²) in [5.74, 6) is 0.119. The van der Waals surface area contributed by atoms with E-state index in [9.17, 15) is 17.6 Å². The summed E-state index contributed by atoms with van der Waals surface area (Å²) in [7, 11) is -3.88. The summed E-state index contributed by atoms with van der Waals surface area (Å²) in [4.78, 5) is 16.4. The van der Waals surface area contributed by atoms with Gasteiger partial charge >= 0.3 is 0 Å². The molecule has 1 aromatic heterocycles. The summed E-state index contributed by atoms with van der Waals surface area (Å²) in [5.41, 5.74) is 11.6. The Morgan fingerprint density at radius 2 is 1.74 bits per heavy atom. The Labute approximate surface area is 203 Å². The van der Waals surface area contributed by atoms with Crippen molar-refractivity contribution in [2.45, 2.75) is 37.6 Å². The predicted octanol–water partition coefficient (Wildman–Crippen LogP) is 3.21. The molecule has 0 fully saturated rings. The number of aromatic nitrogens is 2. The number of nitrogens with two attached hydrogens (primary N) is 2. The molecular formula is C23H29FN6O4S. The van der Waals surface area contributed by atoms with Gasteiger partial charge in [0, 0.05) is 16.9 Å². The van der Waals surface area contributed by atoms with Crippen molar-refractivity contribution in [1.29, 1.82) is 0 Å². The third-order valence-electron chi connectivity index (χ3n) is 5.24. The third-order valence-corrected chi connectivity index (χ3v) is 6.64. The molecule has 1 amide bonds. The molecule has 1 unspecified atom stereocenters. The molecule has 0 bridgehead atoms. The van der Waals surface area contributed by atoms with Gasteiger partial charge in [0.1, 0.15) is 6.67 Å². The lowest BCUT2D eigenvalue weighted by Crippen LogP contribution is -2.32. The van der Waals surface area contributed by atoms with Crippen LogP contribution in [0.25, 0.3) is 11.4 Å². The van der Waals surface area contributed by atoms with Crippen molar-refractivity contribution < 1.29 is 22.1 Å². The number of amides is 1. The molecule has 0 aliphatic heterocycles. The van der Waals surface area contributed by atoms with Crippen LogP contribution in [0.1, 0.15) is 38.6 Å². The summed E-state index contributed by atoms with van der Waals surface area (Å²) in [6.07, 6.45) is 1.34. The largest absolute Gasteiger partial charge is 0.337 e. The van der Waals surface area contributed by atoms with Crippen LogP contribution in [0.5, 0.6) is 0 Å². The number of sulfonamides is 1. The molecule has 1 atom stereocenters. The lowest BCUT2D eigenvalue weighted by molar-refractivity contribution is -0.124. The second kappa shape index (κ2) is 10.9. The number of carbonyl (C=O) groups is 1. The molecule has 12 heteroatoms. The molecule has 0 saturated heterocycles. The Balaban J connectivity index is 1.66. The maximum absolute atomic E-state index is 13.0. The molecule has 0 spiro atoms. The number of alkyl halides is 1. The van der Waals surface area contributed by atoms with Crippen LogP contribution in [0, 0.1) is 5.41 Å². The molecule has 0 saturated carbocycles. The summed E-state index contributed by atoms with van der Waals surface area (Å²) in [6, 6.07) is 11.6. The van der Waals surface area contributed by atoms with Crippen LogP contribution < -0.4 is 21.5 Å². The summed E-state index contributed by atoms with van der Waals surface area (Å²) in [6.45, 7) is 2.70. The Morgan fingerprint density at radius 3 is 2.34 bits per heavy atom. The lowest BCUT2D eigenvalue weighted by Gasteiger charge is -2.19. The lowest BCUT2D eigenvalue weighted by atomic mass is 9.94. The topological polar surface area (TPSA) is 166 Å². The van der Waals surface area contributed by atoms with Crippen LogP contribution >= 0.6 is 0 Å². The minimum Gasteiger partial charge on any atom is -0.337 e. The van der Waals surface area contributed by atoms with Crippen LogP contribution in [0.2, 0.25) is 0 Å². The van der Waals surface area contributed by atoms with Crippen molar-refractivity contribution in [3.8, 4) is 11.4 Å². The van der Waals surface area contributed by atoms with E-state index in [0.29, 0.717) is 41.6 Å². The van der Waals surface area contributed by atoms with Gasteiger partial charge in [-0.1, -0.05) is 5.16 Å². The molecule has 6 N–H and O–H groups in total. The zero-order valence-electron chi connectivity index (χ0n) is 19.5. The van der Waals surface area contributed by atoms with Crippen molar-refractivity contribution in [3.63, 3.8) is 0 Å². The van der Waals surface area contributed by atoms with Crippen molar-refractivity contribution >= 4 is 27.3 Å². The molecule has 1 heterocycles. The van der Waals surface area contributed by atoms with E-state index in [1.54, 1.807) is 12.1 Å². The number of carbonyl (C=O) groups excluding carboxylic acids is 1. The standard InChI is InChI=1S/C23H29FN6O4S/c1-23(2,14-24)22(31)27-16-7-9-17(10-8-16)30-35(32,33)18-11-5-15(6-12-18)20-28-21(34-29-20)19(26)4-3-13-25/h5-12,19,30H,3-4,13-14,25-26H2,1-2H3,(H,27,31). The van der Waals surface area contributed by atoms with Crippen LogP contribution in [-0.4, -0.2) is 37.7 Å². The quantitative estimate of drug-likeness (QED) is 0.309. The first-order valence-electron chi connectivity index (χ1n) is 11.0. The average Bonchev–Trinajstić information content (AvgIpc) is 3.34. The normalized spacial score (nSPS) is 12.8. The van der Waals surface area contributed by atoms with E-state index >= 15 is 0 Å². The number of halogens is 1. The second-order valence-corrected chi connectivity index (χ2v) is 10.4. The fourth-order valence-electron chi connectivity index (χ4n) is 2.94. The third kappa shape index (κ3) is 6.62. The van der Waals surface area contributed by atoms with Gasteiger partial charge in [0.25, 0.3) is 10.0 Å². The summed E-state index contributed by atoms with van der Waals surface area (Å²) < 4.78 is 46.2. The number of benzene rings is 2. The van der Waals surface area contributed by atoms with E-state index in [1.165, 1.54) is 50.2 Å². The summed E-state index contributed by atoms with van der Waals surface area (Å²) >= 11 is 0. The zero-order valence-corrected chi connectivity index (χ0v) is 20.3. The van der Waals surface area contributed by atoms with E-state index in [1.807, 2.05) is 0 Å². The van der Waals surface area contributed by atoms with Crippen molar-refractivity contribution in [3.05, 3.63) is 54.4 Å². The molecule has 0 aliphatic carbocycles. The Kier molecular flexibility index (Phi) is 8.20. The maximum atomic E-state index is 13.0. The highest BCUT2D eigenvalue weighted by atomic mass is 32.2. The van der Waals surface area contributed by atoms with Crippen LogP contribution in [0.15, 0.2) is 57.9 Å². The van der Waals surface area contributed by atoms with Crippen LogP contribution in [0.3, 0.4) is 0 Å². The number of nitrogens with zero attached hydrogens (tertiary/aromatic N) is 2. The molecule has 3 aromatic rings. The van der Waals surface area contributed by atoms with Gasteiger partial charge in [0.05, 0.1) is 16.4 Å². The minimum atomic E-state index is -3.88. The zero-order chi connectivity index (χ0) is 25.6. The highest BCUT2D eigenvalue weighted by molar-refractivity contribution is 7.92. The van der Waals surface area contributed by atoms with Gasteiger partial charge in [-0.15, -0.1) is 0 Å². The number of hydrogen-bond donors (Lipinski definition) is 4. The van der Waals surface area contributed by atoms with Crippen molar-refractivity contribution in [1.82, 2.24) is 10.1 Å². The number of hydrogen-bond acceptors (Lipinski definition) is 8. The predicted molar refractivity (Wildman–Crippen MR) is 131 cm³/mol. The number of anilines is 2. The second-order valence-electron chi connectivity index (χ2n) is 8.67. The molecule has 35 heavy (non-hydrogen) atoms. The molecule has 0 radical (unpaired) electrons. The van der Waals surface area contributed by atoms with Gasteiger partial charge in [0.15, 0.2) is 0 Å². The molecule has 0 aliphatic rings. The number of nitrogens with one attached hydrogen (secondary N) is 2. The van der Waals surface area contributed by atoms with E-state index in [2.05, 4.69) is 20.2 Å². The maximum Gasteiger partial charge on any atom is 0.261 e. The van der Waals surface area contributed by atoms with E-state index in [0.717, 1.165) is 6.42 Å². The monoisotopic (exact) mass is 504 g/mol. The first-order chi connectivity index (χ1) is 16.6. The first kappa shape index (κ1) is 26.3. The molecule has 10 nitrogen and oxygen atoms in total. The number of rotatable bonds is 11. The average molecular weight is 505 g/mol. The van der Waals surface area contributed by atoms with Gasteiger partial charge in [-0.2, -0.15) is 4.98 Å². The smallest absolute Gasteiger partial charge is 0.261 e. The first-order valence-corrected chi connectivity index (χ1v) is 12.4. The minimum absolute atomic E-state index is 0.0340. The van der Waals surface area contributed by atoms with Crippen LogP contribution in [-0.2, 0) is 14.8 Å². The molecular weight excluding hydrogens is 475 g/mol. The van der Waals surface area contributed by atoms with Crippen molar-refractivity contribution in [2.75, 3.05) is 23.3 Å². The Hall–Kier alpha value is -3.35. The SMILES string of the molecule is CC(C)(CF)C(=O)Nc1ccc(NS(=O)(=O)c2ccc(-c3noc(C(N)CCCN)n3)cc2)cc1. The van der Waals surface area contributed by atoms with Crippen molar-refractivity contribution in [2.24, 2.45) is 16.9 Å². The van der Waals surface area contributed by atoms with Gasteiger partial charge in [0.2, 0.25) is 17.6 Å². The van der Waals surface area contributed by atoms with Crippen LogP contribution in [0.4, 0.5) is 15.8 Å². The van der Waals surface area contributed by atoms with E-state index < -0.39 is 34.1 Å². The van der Waals surface area contributed by atoms with Gasteiger partial charge in [-0.3, -0.25) is 9.52 Å². The van der Waals surface area contributed by atoms with Gasteiger partial charge in [-0.05, 0) is 81.8 Å². The van der Waals surface area contributed by atoms with E-state index in [-0.39, 0.29) is 4.90 Å². The fourth-order valence-corrected chi connectivity index (χ4v) is 4.00. The highest BCUT2D eigenvalue weighted by Gasteiger charge is 2.27. The van der Waals surface area contributed by atoms with Gasteiger partial charge in [-0.25, -0.2) is 12.8 Å². The van der Waals surface area contributed by atoms with E-state index in [4.69, 9.17) is 16.0 Å². The van der Waals surface area contributed by atoms with Gasteiger partial charge < -0.3 is 21.3 Å². The Bertz CT molecular complexity index is 1240. The molecule has 2 aromatic carbocycles. The highest BCUT2D eigenvalue weighted by Crippen LogP contribution is 2.24. The fraction of sp³-hybridized carbons (Fsp3) is 0.348. The summed E-state index contributed by atoms with van der Waals surface area (Å²) in [5, 5.41) is 6.52. The molecule has 3 rings (SSSR count).